The normalized spacial score (nSPS) is 29.0. The van der Waals surface area contributed by atoms with Gasteiger partial charge in [-0.1, -0.05) is 25.0 Å². The highest BCUT2D eigenvalue weighted by Crippen LogP contribution is 2.40. The third kappa shape index (κ3) is 2.55. The zero-order valence-electron chi connectivity index (χ0n) is 14.5. The van der Waals surface area contributed by atoms with Crippen molar-refractivity contribution in [1.82, 2.24) is 9.80 Å². The largest absolute Gasteiger partial charge is 0.482 e. The SMILES string of the molecule is C[C@@H]1Oc2ccccc2O[C@H]1C(=O)N1CCN(C)CC12CCCC2. The summed E-state index contributed by atoms with van der Waals surface area (Å²) in [6, 6.07) is 7.59. The first-order valence-corrected chi connectivity index (χ1v) is 9.01. The lowest BCUT2D eigenvalue weighted by molar-refractivity contribution is -0.155. The van der Waals surface area contributed by atoms with Crippen LogP contribution in [0.1, 0.15) is 32.6 Å². The van der Waals surface area contributed by atoms with Crippen molar-refractivity contribution in [2.45, 2.75) is 50.4 Å². The van der Waals surface area contributed by atoms with E-state index >= 15 is 0 Å². The zero-order valence-corrected chi connectivity index (χ0v) is 14.5. The van der Waals surface area contributed by atoms with Gasteiger partial charge in [-0.3, -0.25) is 4.79 Å². The summed E-state index contributed by atoms with van der Waals surface area (Å²) < 4.78 is 12.0. The van der Waals surface area contributed by atoms with Gasteiger partial charge in [-0.15, -0.1) is 0 Å². The maximum absolute atomic E-state index is 13.3. The minimum Gasteiger partial charge on any atom is -0.482 e. The molecule has 2 aliphatic heterocycles. The molecule has 2 atom stereocenters. The van der Waals surface area contributed by atoms with Gasteiger partial charge in [-0.25, -0.2) is 0 Å². The summed E-state index contributed by atoms with van der Waals surface area (Å²) in [7, 11) is 2.15. The van der Waals surface area contributed by atoms with Crippen molar-refractivity contribution in [3.05, 3.63) is 24.3 Å². The molecule has 2 fully saturated rings. The number of amides is 1. The molecule has 0 bridgehead atoms. The van der Waals surface area contributed by atoms with Gasteiger partial charge in [-0.05, 0) is 38.9 Å². The Kier molecular flexibility index (Phi) is 3.91. The standard InChI is InChI=1S/C19H26N2O3/c1-14-17(24-16-8-4-3-7-15(16)23-14)18(22)21-12-11-20(2)13-19(21)9-5-6-10-19/h3-4,7-8,14,17H,5-6,9-13H2,1-2H3/t14-,17+/m0/s1. The van der Waals surface area contributed by atoms with Crippen LogP contribution in [0.2, 0.25) is 0 Å². The van der Waals surface area contributed by atoms with Crippen LogP contribution in [0.3, 0.4) is 0 Å². The van der Waals surface area contributed by atoms with E-state index in [0.717, 1.165) is 38.2 Å². The summed E-state index contributed by atoms with van der Waals surface area (Å²) in [5.41, 5.74) is -0.00979. The highest BCUT2D eigenvalue weighted by molar-refractivity contribution is 5.83. The minimum atomic E-state index is -0.555. The second kappa shape index (κ2) is 5.96. The number of hydrogen-bond acceptors (Lipinski definition) is 4. The maximum atomic E-state index is 13.3. The summed E-state index contributed by atoms with van der Waals surface area (Å²) in [6.45, 7) is 4.60. The zero-order chi connectivity index (χ0) is 16.7. The van der Waals surface area contributed by atoms with Crippen LogP contribution in [0.15, 0.2) is 24.3 Å². The average Bonchev–Trinajstić information content (AvgIpc) is 3.02. The van der Waals surface area contributed by atoms with Crippen molar-refractivity contribution in [3.63, 3.8) is 0 Å². The average molecular weight is 330 g/mol. The van der Waals surface area contributed by atoms with Gasteiger partial charge in [0.15, 0.2) is 11.5 Å². The Morgan fingerprint density at radius 3 is 2.50 bits per heavy atom. The number of hydrogen-bond donors (Lipinski definition) is 0. The molecule has 0 N–H and O–H groups in total. The van der Waals surface area contributed by atoms with E-state index in [9.17, 15) is 4.79 Å². The highest BCUT2D eigenvalue weighted by Gasteiger charge is 2.48. The Labute approximate surface area is 143 Å². The molecule has 1 saturated heterocycles. The third-order valence-electron chi connectivity index (χ3n) is 5.73. The third-order valence-corrected chi connectivity index (χ3v) is 5.73. The molecular formula is C19H26N2O3. The van der Waals surface area contributed by atoms with Crippen LogP contribution in [-0.4, -0.2) is 60.1 Å². The maximum Gasteiger partial charge on any atom is 0.268 e. The molecule has 5 nitrogen and oxygen atoms in total. The molecule has 5 heteroatoms. The van der Waals surface area contributed by atoms with E-state index in [1.54, 1.807) is 0 Å². The number of carbonyl (C=O) groups excluding carboxylic acids is 1. The molecule has 24 heavy (non-hydrogen) atoms. The molecule has 1 aromatic rings. The summed E-state index contributed by atoms with van der Waals surface area (Å²) in [5.74, 6) is 1.48. The van der Waals surface area contributed by atoms with E-state index in [0.29, 0.717) is 5.75 Å². The molecule has 2 heterocycles. The molecule has 4 rings (SSSR count). The predicted octanol–water partition coefficient (Wildman–Crippen LogP) is 2.30. The van der Waals surface area contributed by atoms with Gasteiger partial charge in [0.1, 0.15) is 6.10 Å². The van der Waals surface area contributed by atoms with Crippen molar-refractivity contribution in [3.8, 4) is 11.5 Å². The molecule has 1 spiro atoms. The lowest BCUT2D eigenvalue weighted by Gasteiger charge is -2.49. The molecule has 3 aliphatic rings. The molecule has 0 aromatic heterocycles. The first-order valence-electron chi connectivity index (χ1n) is 9.01. The van der Waals surface area contributed by atoms with Crippen LogP contribution in [0.25, 0.3) is 0 Å². The lowest BCUT2D eigenvalue weighted by Crippen LogP contribution is -2.65. The molecule has 0 unspecified atom stereocenters. The molecule has 0 radical (unpaired) electrons. The summed E-state index contributed by atoms with van der Waals surface area (Å²) in [5, 5.41) is 0. The van der Waals surface area contributed by atoms with E-state index in [2.05, 4.69) is 16.8 Å². The number of para-hydroxylation sites is 2. The van der Waals surface area contributed by atoms with Crippen molar-refractivity contribution in [1.29, 1.82) is 0 Å². The number of carbonyl (C=O) groups is 1. The summed E-state index contributed by atoms with van der Waals surface area (Å²) >= 11 is 0. The van der Waals surface area contributed by atoms with E-state index in [4.69, 9.17) is 9.47 Å². The van der Waals surface area contributed by atoms with Crippen LogP contribution < -0.4 is 9.47 Å². The highest BCUT2D eigenvalue weighted by atomic mass is 16.6. The van der Waals surface area contributed by atoms with Crippen LogP contribution in [-0.2, 0) is 4.79 Å². The molecule has 1 aromatic carbocycles. The number of likely N-dealkylation sites (N-methyl/N-ethyl adjacent to an activating group) is 1. The van der Waals surface area contributed by atoms with Crippen LogP contribution >= 0.6 is 0 Å². The van der Waals surface area contributed by atoms with Gasteiger partial charge in [0.2, 0.25) is 6.10 Å². The van der Waals surface area contributed by atoms with Gasteiger partial charge in [0.05, 0.1) is 5.54 Å². The Morgan fingerprint density at radius 2 is 1.79 bits per heavy atom. The molecule has 1 saturated carbocycles. The quantitative estimate of drug-likeness (QED) is 0.792. The second-order valence-corrected chi connectivity index (χ2v) is 7.47. The van der Waals surface area contributed by atoms with Gasteiger partial charge in [0.25, 0.3) is 5.91 Å². The van der Waals surface area contributed by atoms with E-state index in [1.807, 2.05) is 31.2 Å². The van der Waals surface area contributed by atoms with Crippen LogP contribution in [0, 0.1) is 0 Å². The lowest BCUT2D eigenvalue weighted by atomic mass is 9.91. The van der Waals surface area contributed by atoms with Gasteiger partial charge in [-0.2, -0.15) is 0 Å². The fourth-order valence-electron chi connectivity index (χ4n) is 4.52. The monoisotopic (exact) mass is 330 g/mol. The van der Waals surface area contributed by atoms with Crippen molar-refractivity contribution in [2.75, 3.05) is 26.7 Å². The molecule has 130 valence electrons. The van der Waals surface area contributed by atoms with Gasteiger partial charge >= 0.3 is 0 Å². The molecular weight excluding hydrogens is 304 g/mol. The topological polar surface area (TPSA) is 42.0 Å². The van der Waals surface area contributed by atoms with Crippen LogP contribution in [0.4, 0.5) is 0 Å². The number of nitrogens with zero attached hydrogens (tertiary/aromatic N) is 2. The van der Waals surface area contributed by atoms with E-state index in [-0.39, 0.29) is 17.6 Å². The number of fused-ring (bicyclic) bond motifs is 1. The van der Waals surface area contributed by atoms with Gasteiger partial charge < -0.3 is 19.3 Å². The number of rotatable bonds is 1. The summed E-state index contributed by atoms with van der Waals surface area (Å²) in [4.78, 5) is 17.8. The Morgan fingerprint density at radius 1 is 1.12 bits per heavy atom. The first-order chi connectivity index (χ1) is 11.6. The molecule has 1 aliphatic carbocycles. The molecule has 1 amide bonds. The van der Waals surface area contributed by atoms with E-state index in [1.165, 1.54) is 12.8 Å². The Hall–Kier alpha value is -1.75. The van der Waals surface area contributed by atoms with Crippen molar-refractivity contribution in [2.24, 2.45) is 0 Å². The smallest absolute Gasteiger partial charge is 0.268 e. The van der Waals surface area contributed by atoms with Crippen molar-refractivity contribution < 1.29 is 14.3 Å². The number of benzene rings is 1. The second-order valence-electron chi connectivity index (χ2n) is 7.47. The first kappa shape index (κ1) is 15.8. The number of piperazine rings is 1. The van der Waals surface area contributed by atoms with Crippen LogP contribution in [0.5, 0.6) is 11.5 Å². The van der Waals surface area contributed by atoms with Gasteiger partial charge in [0, 0.05) is 19.6 Å². The Balaban J connectivity index is 1.59. The number of ether oxygens (including phenoxy) is 2. The van der Waals surface area contributed by atoms with Crippen molar-refractivity contribution >= 4 is 5.91 Å². The summed E-state index contributed by atoms with van der Waals surface area (Å²) in [6.07, 6.45) is 3.78. The minimum absolute atomic E-state index is 0.00979. The fourth-order valence-corrected chi connectivity index (χ4v) is 4.52. The fraction of sp³-hybridized carbons (Fsp3) is 0.632. The van der Waals surface area contributed by atoms with E-state index < -0.39 is 6.10 Å². The Bertz CT molecular complexity index is 627. The predicted molar refractivity (Wildman–Crippen MR) is 91.4 cm³/mol.